The summed E-state index contributed by atoms with van der Waals surface area (Å²) < 4.78 is 0. The third-order valence-electron chi connectivity index (χ3n) is 2.95. The molecule has 0 aliphatic carbocycles. The fourth-order valence-corrected chi connectivity index (χ4v) is 1.95. The third-order valence-corrected chi connectivity index (χ3v) is 2.95. The molecule has 2 aromatic carbocycles. The van der Waals surface area contributed by atoms with E-state index in [0.717, 1.165) is 0 Å². The van der Waals surface area contributed by atoms with Gasteiger partial charge in [0.25, 0.3) is 0 Å². The van der Waals surface area contributed by atoms with Crippen LogP contribution in [0.15, 0.2) is 54.6 Å². The molecule has 2 aromatic rings. The van der Waals surface area contributed by atoms with Crippen molar-refractivity contribution in [3.05, 3.63) is 70.9 Å². The zero-order valence-electron chi connectivity index (χ0n) is 10.1. The summed E-state index contributed by atoms with van der Waals surface area (Å²) in [4.78, 5) is 0. The van der Waals surface area contributed by atoms with Crippen LogP contribution < -0.4 is 5.23 Å². The van der Waals surface area contributed by atoms with E-state index in [-0.39, 0.29) is 11.3 Å². The topological polar surface area (TPSA) is 88.2 Å². The molecule has 1 unspecified atom stereocenters. The van der Waals surface area contributed by atoms with Crippen molar-refractivity contribution in [3.63, 3.8) is 0 Å². The van der Waals surface area contributed by atoms with E-state index in [1.54, 1.807) is 42.5 Å². The van der Waals surface area contributed by atoms with Crippen molar-refractivity contribution < 1.29 is 20.6 Å². The van der Waals surface area contributed by atoms with Crippen molar-refractivity contribution >= 4 is 5.69 Å². The summed E-state index contributed by atoms with van der Waals surface area (Å²) in [5.41, 5.74) is 0.728. The molecule has 0 saturated heterocycles. The second kappa shape index (κ2) is 5.92. The Bertz CT molecular complexity index is 530. The SMILES string of the molecule is [O-][NH+](O)c1ccccc1[C@H](O)[C@@H](O)c1ccccc1. The molecule has 0 aliphatic heterocycles. The number of quaternary nitrogens is 1. The van der Waals surface area contributed by atoms with Gasteiger partial charge in [-0.3, -0.25) is 0 Å². The van der Waals surface area contributed by atoms with Crippen molar-refractivity contribution in [2.24, 2.45) is 0 Å². The van der Waals surface area contributed by atoms with Gasteiger partial charge in [0.2, 0.25) is 0 Å². The van der Waals surface area contributed by atoms with Crippen LogP contribution in [0.4, 0.5) is 5.69 Å². The van der Waals surface area contributed by atoms with E-state index in [9.17, 15) is 15.4 Å². The molecule has 0 saturated carbocycles. The molecule has 4 N–H and O–H groups in total. The smallest absolute Gasteiger partial charge is 0.169 e. The van der Waals surface area contributed by atoms with Gasteiger partial charge in [0.15, 0.2) is 5.69 Å². The quantitative estimate of drug-likeness (QED) is 0.615. The maximum absolute atomic E-state index is 11.1. The van der Waals surface area contributed by atoms with Gasteiger partial charge in [-0.2, -0.15) is 5.23 Å². The van der Waals surface area contributed by atoms with Gasteiger partial charge in [-0.15, -0.1) is 0 Å². The Morgan fingerprint density at radius 3 is 2.05 bits per heavy atom. The largest absolute Gasteiger partial charge is 0.595 e. The molecule has 0 radical (unpaired) electrons. The molecule has 0 spiro atoms. The van der Waals surface area contributed by atoms with Gasteiger partial charge in [-0.05, 0) is 5.56 Å². The molecule has 0 bridgehead atoms. The monoisotopic (exact) mass is 261 g/mol. The number of nitrogens with one attached hydrogen (secondary N) is 1. The van der Waals surface area contributed by atoms with Crippen LogP contribution in [0.1, 0.15) is 23.3 Å². The van der Waals surface area contributed by atoms with Crippen LogP contribution >= 0.6 is 0 Å². The lowest BCUT2D eigenvalue weighted by molar-refractivity contribution is -0.991. The number of hydrogen-bond acceptors (Lipinski definition) is 4. The van der Waals surface area contributed by atoms with E-state index in [4.69, 9.17) is 5.21 Å². The van der Waals surface area contributed by atoms with E-state index in [0.29, 0.717) is 5.56 Å². The van der Waals surface area contributed by atoms with Gasteiger partial charge in [-0.25, -0.2) is 5.21 Å². The standard InChI is InChI=1S/C14H15NO4/c16-13(10-6-2-1-3-7-10)14(17)11-8-4-5-9-12(11)15(18)19/h1-9,13-18H/t13-,14-/m0/s1. The predicted octanol–water partition coefficient (Wildman–Crippen LogP) is 0.857. The van der Waals surface area contributed by atoms with Crippen LogP contribution in [0.25, 0.3) is 0 Å². The second-order valence-corrected chi connectivity index (χ2v) is 4.19. The highest BCUT2D eigenvalue weighted by atomic mass is 16.8. The molecule has 0 amide bonds. The van der Waals surface area contributed by atoms with Crippen molar-refractivity contribution in [2.45, 2.75) is 12.2 Å². The maximum Gasteiger partial charge on any atom is 0.169 e. The Hall–Kier alpha value is -1.76. The van der Waals surface area contributed by atoms with E-state index < -0.39 is 17.4 Å². The number of aliphatic hydroxyl groups excluding tert-OH is 2. The first-order chi connectivity index (χ1) is 9.11. The van der Waals surface area contributed by atoms with Gasteiger partial charge in [0.1, 0.15) is 12.2 Å². The lowest BCUT2D eigenvalue weighted by Crippen LogP contribution is -2.99. The summed E-state index contributed by atoms with van der Waals surface area (Å²) in [5, 5.41) is 39.3. The molecule has 5 nitrogen and oxygen atoms in total. The lowest BCUT2D eigenvalue weighted by atomic mass is 9.97. The number of aliphatic hydroxyl groups is 2. The highest BCUT2D eigenvalue weighted by Crippen LogP contribution is 2.31. The fourth-order valence-electron chi connectivity index (χ4n) is 1.95. The molecule has 0 heterocycles. The minimum Gasteiger partial charge on any atom is -0.595 e. The molecule has 0 aromatic heterocycles. The van der Waals surface area contributed by atoms with Gasteiger partial charge < -0.3 is 15.4 Å². The lowest BCUT2D eigenvalue weighted by Gasteiger charge is -2.22. The number of para-hydroxylation sites is 1. The van der Waals surface area contributed by atoms with Gasteiger partial charge in [0, 0.05) is 11.6 Å². The highest BCUT2D eigenvalue weighted by Gasteiger charge is 2.24. The maximum atomic E-state index is 11.1. The zero-order valence-corrected chi connectivity index (χ0v) is 10.1. The first-order valence-corrected chi connectivity index (χ1v) is 5.84. The molecule has 3 atom stereocenters. The minimum absolute atomic E-state index is 0.00928. The van der Waals surface area contributed by atoms with Crippen molar-refractivity contribution in [2.75, 3.05) is 0 Å². The predicted molar refractivity (Wildman–Crippen MR) is 68.6 cm³/mol. The van der Waals surface area contributed by atoms with Gasteiger partial charge >= 0.3 is 0 Å². The third kappa shape index (κ3) is 2.98. The molecule has 100 valence electrons. The Kier molecular flexibility index (Phi) is 4.26. The van der Waals surface area contributed by atoms with Crippen LogP contribution in [0.2, 0.25) is 0 Å². The molecule has 19 heavy (non-hydrogen) atoms. The van der Waals surface area contributed by atoms with Crippen molar-refractivity contribution in [1.82, 2.24) is 0 Å². The Morgan fingerprint density at radius 1 is 0.842 bits per heavy atom. The number of benzene rings is 2. The molecule has 0 aliphatic rings. The molecule has 0 fully saturated rings. The average molecular weight is 261 g/mol. The minimum atomic E-state index is -1.28. The zero-order chi connectivity index (χ0) is 13.8. The van der Waals surface area contributed by atoms with E-state index in [1.807, 2.05) is 0 Å². The normalized spacial score (nSPS) is 15.8. The van der Waals surface area contributed by atoms with Crippen LogP contribution in [0.3, 0.4) is 0 Å². The highest BCUT2D eigenvalue weighted by molar-refractivity contribution is 5.42. The molecule has 5 heteroatoms. The van der Waals surface area contributed by atoms with Crippen molar-refractivity contribution in [3.8, 4) is 0 Å². The fraction of sp³-hybridized carbons (Fsp3) is 0.143. The van der Waals surface area contributed by atoms with Crippen LogP contribution in [-0.4, -0.2) is 15.4 Å². The van der Waals surface area contributed by atoms with E-state index in [1.165, 1.54) is 12.1 Å². The summed E-state index contributed by atoms with van der Waals surface area (Å²) in [6.07, 6.45) is -2.45. The van der Waals surface area contributed by atoms with Crippen LogP contribution in [0.5, 0.6) is 0 Å². The Morgan fingerprint density at radius 2 is 1.42 bits per heavy atom. The molecular formula is C14H15NO4. The van der Waals surface area contributed by atoms with E-state index >= 15 is 0 Å². The second-order valence-electron chi connectivity index (χ2n) is 4.19. The number of rotatable bonds is 4. The first-order valence-electron chi connectivity index (χ1n) is 5.84. The molecular weight excluding hydrogens is 246 g/mol. The summed E-state index contributed by atoms with van der Waals surface area (Å²) >= 11 is 0. The van der Waals surface area contributed by atoms with Gasteiger partial charge in [-0.1, -0.05) is 48.5 Å². The first kappa shape index (κ1) is 13.7. The summed E-state index contributed by atoms with van der Waals surface area (Å²) in [7, 11) is 0. The summed E-state index contributed by atoms with van der Waals surface area (Å²) in [6.45, 7) is 0. The average Bonchev–Trinajstić information content (AvgIpc) is 2.46. The van der Waals surface area contributed by atoms with Gasteiger partial charge in [0.05, 0.1) is 0 Å². The molecule has 2 rings (SSSR count). The van der Waals surface area contributed by atoms with Crippen LogP contribution in [-0.2, 0) is 0 Å². The van der Waals surface area contributed by atoms with Crippen LogP contribution in [0, 0.1) is 5.21 Å². The Balaban J connectivity index is 2.32. The Labute approximate surface area is 110 Å². The van der Waals surface area contributed by atoms with E-state index in [2.05, 4.69) is 0 Å². The summed E-state index contributed by atoms with van der Waals surface area (Å²) in [5.74, 6) is 0. The summed E-state index contributed by atoms with van der Waals surface area (Å²) in [6, 6.07) is 14.8. The van der Waals surface area contributed by atoms with Crippen molar-refractivity contribution in [1.29, 1.82) is 0 Å². The number of hydrogen-bond donors (Lipinski definition) is 4.